The molecule has 0 spiro atoms. The summed E-state index contributed by atoms with van der Waals surface area (Å²) in [4.78, 5) is 38.5. The summed E-state index contributed by atoms with van der Waals surface area (Å²) in [5, 5.41) is 8.73. The Morgan fingerprint density at radius 2 is 1.28 bits per heavy atom. The van der Waals surface area contributed by atoms with Gasteiger partial charge in [0.2, 0.25) is 11.8 Å². The number of carbonyl (C=O) groups is 3. The molecule has 7 nitrogen and oxygen atoms in total. The first-order chi connectivity index (χ1) is 15.5. The first-order valence-electron chi connectivity index (χ1n) is 11.4. The lowest BCUT2D eigenvalue weighted by atomic mass is 10.1. The van der Waals surface area contributed by atoms with E-state index < -0.39 is 0 Å². The minimum absolute atomic E-state index is 0.00766. The number of benzene rings is 2. The lowest BCUT2D eigenvalue weighted by molar-refractivity contribution is -0.116. The first-order valence-corrected chi connectivity index (χ1v) is 11.4. The second kappa shape index (κ2) is 11.9. The van der Waals surface area contributed by atoms with E-state index in [-0.39, 0.29) is 24.3 Å². The van der Waals surface area contributed by atoms with Crippen LogP contribution < -0.4 is 16.0 Å². The van der Waals surface area contributed by atoms with Crippen molar-refractivity contribution in [3.63, 3.8) is 0 Å². The average molecular weight is 437 g/mol. The van der Waals surface area contributed by atoms with Gasteiger partial charge in [-0.2, -0.15) is 0 Å². The highest BCUT2D eigenvalue weighted by Gasteiger charge is 2.17. The minimum Gasteiger partial charge on any atom is -0.376 e. The third-order valence-electron chi connectivity index (χ3n) is 5.41. The fraction of sp³-hybridized carbons (Fsp3) is 0.400. The summed E-state index contributed by atoms with van der Waals surface area (Å²) >= 11 is 0. The molecule has 1 saturated heterocycles. The molecule has 1 aliphatic heterocycles. The molecule has 7 heteroatoms. The molecule has 2 aromatic rings. The predicted molar refractivity (Wildman–Crippen MR) is 128 cm³/mol. The third-order valence-corrected chi connectivity index (χ3v) is 5.41. The van der Waals surface area contributed by atoms with Crippen molar-refractivity contribution in [2.24, 2.45) is 0 Å². The molecule has 0 radical (unpaired) electrons. The lowest BCUT2D eigenvalue weighted by Crippen LogP contribution is -2.31. The number of nitrogens with zero attached hydrogens (tertiary/aromatic N) is 1. The summed E-state index contributed by atoms with van der Waals surface area (Å²) in [7, 11) is 0. The molecule has 0 unspecified atom stereocenters. The number of hydrogen-bond acceptors (Lipinski definition) is 4. The molecule has 1 fully saturated rings. The highest BCUT2D eigenvalue weighted by molar-refractivity contribution is 5.97. The number of nitrogens with one attached hydrogen (secondary N) is 3. The van der Waals surface area contributed by atoms with E-state index in [0.29, 0.717) is 17.7 Å². The molecule has 0 bridgehead atoms. The van der Waals surface area contributed by atoms with Crippen LogP contribution in [0, 0.1) is 0 Å². The summed E-state index contributed by atoms with van der Waals surface area (Å²) in [6.45, 7) is 3.70. The van der Waals surface area contributed by atoms with E-state index in [1.54, 1.807) is 36.4 Å². The Balaban J connectivity index is 1.45. The van der Waals surface area contributed by atoms with Crippen LogP contribution in [0.25, 0.3) is 0 Å². The van der Waals surface area contributed by atoms with Crippen LogP contribution in [0.4, 0.5) is 17.1 Å². The van der Waals surface area contributed by atoms with Crippen molar-refractivity contribution in [3.05, 3.63) is 54.1 Å². The Labute approximate surface area is 189 Å². The average Bonchev–Trinajstić information content (AvgIpc) is 3.08. The number of rotatable bonds is 8. The summed E-state index contributed by atoms with van der Waals surface area (Å²) in [6, 6.07) is 14.3. The molecule has 2 aromatic carbocycles. The van der Waals surface area contributed by atoms with E-state index in [4.69, 9.17) is 0 Å². The van der Waals surface area contributed by atoms with Crippen LogP contribution in [0.3, 0.4) is 0 Å². The van der Waals surface area contributed by atoms with Gasteiger partial charge in [0.05, 0.1) is 6.54 Å². The molecule has 3 N–H and O–H groups in total. The van der Waals surface area contributed by atoms with Crippen molar-refractivity contribution < 1.29 is 14.4 Å². The van der Waals surface area contributed by atoms with E-state index >= 15 is 0 Å². The van der Waals surface area contributed by atoms with Gasteiger partial charge in [-0.1, -0.05) is 19.8 Å². The highest BCUT2D eigenvalue weighted by Crippen LogP contribution is 2.16. The van der Waals surface area contributed by atoms with E-state index in [0.717, 1.165) is 43.7 Å². The molecule has 0 atom stereocenters. The van der Waals surface area contributed by atoms with Crippen LogP contribution in [-0.4, -0.2) is 42.3 Å². The predicted octanol–water partition coefficient (Wildman–Crippen LogP) is 4.49. The molecule has 0 saturated carbocycles. The number of anilines is 3. The van der Waals surface area contributed by atoms with Gasteiger partial charge in [0.25, 0.3) is 5.91 Å². The Morgan fingerprint density at radius 1 is 0.750 bits per heavy atom. The Hall–Kier alpha value is -3.35. The van der Waals surface area contributed by atoms with Crippen LogP contribution in [-0.2, 0) is 9.59 Å². The monoisotopic (exact) mass is 436 g/mol. The van der Waals surface area contributed by atoms with Gasteiger partial charge in [-0.05, 0) is 67.8 Å². The largest absolute Gasteiger partial charge is 0.376 e. The molecular weight excluding hydrogens is 404 g/mol. The summed E-state index contributed by atoms with van der Waals surface area (Å²) in [6.07, 6.45) is 5.78. The zero-order valence-corrected chi connectivity index (χ0v) is 18.7. The van der Waals surface area contributed by atoms with Gasteiger partial charge in [0, 0.05) is 42.1 Å². The van der Waals surface area contributed by atoms with Gasteiger partial charge in [0.1, 0.15) is 0 Å². The molecular formula is C25H32N4O3. The third kappa shape index (κ3) is 7.11. The lowest BCUT2D eigenvalue weighted by Gasteiger charge is -2.20. The normalized spacial score (nSPS) is 13.7. The molecule has 170 valence electrons. The molecule has 3 rings (SSSR count). The number of likely N-dealkylation sites (tertiary alicyclic amines) is 1. The Morgan fingerprint density at radius 3 is 1.88 bits per heavy atom. The quantitative estimate of drug-likeness (QED) is 0.569. The zero-order valence-electron chi connectivity index (χ0n) is 18.7. The van der Waals surface area contributed by atoms with E-state index in [1.807, 2.05) is 24.0 Å². The topological polar surface area (TPSA) is 90.5 Å². The van der Waals surface area contributed by atoms with Crippen LogP contribution in [0.1, 0.15) is 55.8 Å². The van der Waals surface area contributed by atoms with Crippen molar-refractivity contribution in [2.75, 3.05) is 35.6 Å². The van der Waals surface area contributed by atoms with Crippen LogP contribution in [0.5, 0.6) is 0 Å². The first kappa shape index (κ1) is 23.3. The molecule has 0 aliphatic carbocycles. The maximum Gasteiger partial charge on any atom is 0.253 e. The van der Waals surface area contributed by atoms with Gasteiger partial charge in [0.15, 0.2) is 0 Å². The van der Waals surface area contributed by atoms with Gasteiger partial charge in [-0.3, -0.25) is 14.4 Å². The second-order valence-corrected chi connectivity index (χ2v) is 8.06. The highest BCUT2D eigenvalue weighted by atomic mass is 16.2. The maximum atomic E-state index is 12.7. The van der Waals surface area contributed by atoms with Gasteiger partial charge in [-0.15, -0.1) is 0 Å². The van der Waals surface area contributed by atoms with Crippen molar-refractivity contribution in [1.82, 2.24) is 4.90 Å². The smallest absolute Gasteiger partial charge is 0.253 e. The SMILES string of the molecule is CCCC(=O)Nc1ccc(NCC(=O)Nc2ccc(C(=O)N3CCCCCC3)cc2)cc1. The molecule has 3 amide bonds. The van der Waals surface area contributed by atoms with E-state index in [9.17, 15) is 14.4 Å². The van der Waals surface area contributed by atoms with Crippen molar-refractivity contribution in [3.8, 4) is 0 Å². The van der Waals surface area contributed by atoms with Crippen LogP contribution >= 0.6 is 0 Å². The molecule has 1 heterocycles. The van der Waals surface area contributed by atoms with E-state index in [2.05, 4.69) is 16.0 Å². The zero-order chi connectivity index (χ0) is 22.8. The molecule has 32 heavy (non-hydrogen) atoms. The maximum absolute atomic E-state index is 12.7. The van der Waals surface area contributed by atoms with Crippen LogP contribution in [0.2, 0.25) is 0 Å². The number of carbonyl (C=O) groups excluding carboxylic acids is 3. The fourth-order valence-corrected chi connectivity index (χ4v) is 3.66. The Bertz CT molecular complexity index is 902. The van der Waals surface area contributed by atoms with Gasteiger partial charge < -0.3 is 20.9 Å². The summed E-state index contributed by atoms with van der Waals surface area (Å²) in [5.74, 6) is -0.135. The molecule has 0 aromatic heterocycles. The fourth-order valence-electron chi connectivity index (χ4n) is 3.66. The summed E-state index contributed by atoms with van der Waals surface area (Å²) < 4.78 is 0. The van der Waals surface area contributed by atoms with E-state index in [1.165, 1.54) is 12.8 Å². The standard InChI is InChI=1S/C25H32N4O3/c1-2-7-23(30)27-22-14-12-20(13-15-22)26-18-24(31)28-21-10-8-19(9-11-21)25(32)29-16-5-3-4-6-17-29/h8-15,26H,2-7,16-18H2,1H3,(H,27,30)(H,28,31). The number of hydrogen-bond donors (Lipinski definition) is 3. The van der Waals surface area contributed by atoms with Gasteiger partial charge in [-0.25, -0.2) is 0 Å². The van der Waals surface area contributed by atoms with Crippen molar-refractivity contribution in [1.29, 1.82) is 0 Å². The van der Waals surface area contributed by atoms with Gasteiger partial charge >= 0.3 is 0 Å². The summed E-state index contributed by atoms with van der Waals surface area (Å²) in [5.41, 5.74) is 2.81. The van der Waals surface area contributed by atoms with Crippen molar-refractivity contribution >= 4 is 34.8 Å². The number of amides is 3. The van der Waals surface area contributed by atoms with Crippen molar-refractivity contribution in [2.45, 2.75) is 45.4 Å². The van der Waals surface area contributed by atoms with Crippen LogP contribution in [0.15, 0.2) is 48.5 Å². The Kier molecular flexibility index (Phi) is 8.66. The molecule has 1 aliphatic rings. The minimum atomic E-state index is -0.183. The second-order valence-electron chi connectivity index (χ2n) is 8.06.